The normalized spacial score (nSPS) is 13.8. The predicted molar refractivity (Wildman–Crippen MR) is 162 cm³/mol. The van der Waals surface area contributed by atoms with Gasteiger partial charge < -0.3 is 10.2 Å². The minimum Gasteiger partial charge on any atom is -0.323 e. The molecule has 7 heteroatoms. The number of hydrogen-bond acceptors (Lipinski definition) is 4. The topological polar surface area (TPSA) is 86.8 Å². The van der Waals surface area contributed by atoms with Crippen molar-refractivity contribution in [3.05, 3.63) is 137 Å². The molecule has 0 saturated carbocycles. The number of fused-ring (bicyclic) bond motifs is 1. The van der Waals surface area contributed by atoms with Crippen molar-refractivity contribution in [1.29, 1.82) is 0 Å². The molecule has 0 saturated heterocycles. The van der Waals surface area contributed by atoms with Gasteiger partial charge in [0.05, 0.1) is 11.1 Å². The zero-order chi connectivity index (χ0) is 29.8. The highest BCUT2D eigenvalue weighted by Gasteiger charge is 2.45. The van der Waals surface area contributed by atoms with Crippen LogP contribution < -0.4 is 5.32 Å². The number of carbonyl (C=O) groups is 4. The van der Waals surface area contributed by atoms with Crippen molar-refractivity contribution in [2.24, 2.45) is 0 Å². The molecule has 7 nitrogen and oxygen atoms in total. The van der Waals surface area contributed by atoms with Gasteiger partial charge in [0, 0.05) is 12.2 Å². The van der Waals surface area contributed by atoms with E-state index in [9.17, 15) is 19.2 Å². The van der Waals surface area contributed by atoms with E-state index in [1.165, 1.54) is 4.90 Å². The van der Waals surface area contributed by atoms with Gasteiger partial charge in [-0.15, -0.1) is 0 Å². The Morgan fingerprint density at radius 3 is 1.81 bits per heavy atom. The van der Waals surface area contributed by atoms with Crippen LogP contribution >= 0.6 is 0 Å². The number of carbonyl (C=O) groups excluding carboxylic acids is 4. The number of benzene rings is 4. The van der Waals surface area contributed by atoms with Crippen molar-refractivity contribution in [3.8, 4) is 0 Å². The van der Waals surface area contributed by atoms with Crippen LogP contribution in [-0.4, -0.2) is 39.5 Å². The van der Waals surface area contributed by atoms with Crippen LogP contribution in [0.2, 0.25) is 0 Å². The number of aryl methyl sites for hydroxylation is 2. The molecule has 42 heavy (non-hydrogen) atoms. The molecule has 0 aromatic heterocycles. The van der Waals surface area contributed by atoms with Crippen molar-refractivity contribution in [3.63, 3.8) is 0 Å². The average Bonchev–Trinajstić information content (AvgIpc) is 3.25. The van der Waals surface area contributed by atoms with Gasteiger partial charge >= 0.3 is 0 Å². The third kappa shape index (κ3) is 5.46. The molecule has 0 bridgehead atoms. The molecule has 5 rings (SSSR count). The summed E-state index contributed by atoms with van der Waals surface area (Å²) in [5, 5.41) is 3.08. The lowest BCUT2D eigenvalue weighted by Gasteiger charge is -2.36. The van der Waals surface area contributed by atoms with E-state index in [2.05, 4.69) is 5.32 Å². The van der Waals surface area contributed by atoms with Crippen molar-refractivity contribution in [1.82, 2.24) is 9.80 Å². The lowest BCUT2D eigenvalue weighted by Crippen LogP contribution is -2.53. The van der Waals surface area contributed by atoms with E-state index >= 15 is 0 Å². The number of hydrogen-bond donors (Lipinski definition) is 1. The molecule has 1 heterocycles. The number of para-hydroxylation sites is 1. The Morgan fingerprint density at radius 1 is 0.738 bits per heavy atom. The summed E-state index contributed by atoms with van der Waals surface area (Å²) >= 11 is 0. The molecule has 0 unspecified atom stereocenters. The highest BCUT2D eigenvalue weighted by molar-refractivity contribution is 6.23. The Bertz CT molecular complexity index is 1580. The smallest absolute Gasteiger partial charge is 0.262 e. The van der Waals surface area contributed by atoms with E-state index in [1.54, 1.807) is 31.2 Å². The molecule has 0 radical (unpaired) electrons. The number of nitrogens with zero attached hydrogens (tertiary/aromatic N) is 2. The maximum absolute atomic E-state index is 14.6. The summed E-state index contributed by atoms with van der Waals surface area (Å²) in [6, 6.07) is 28.7. The maximum Gasteiger partial charge on any atom is 0.262 e. The van der Waals surface area contributed by atoms with Crippen molar-refractivity contribution < 1.29 is 19.2 Å². The summed E-state index contributed by atoms with van der Waals surface area (Å²) in [5.74, 6) is -1.89. The van der Waals surface area contributed by atoms with E-state index in [0.29, 0.717) is 11.3 Å². The summed E-state index contributed by atoms with van der Waals surface area (Å²) in [6.07, 6.45) is 0.190. The molecule has 4 amide bonds. The van der Waals surface area contributed by atoms with Crippen LogP contribution in [0.15, 0.2) is 103 Å². The Morgan fingerprint density at radius 2 is 1.26 bits per heavy atom. The predicted octanol–water partition coefficient (Wildman–Crippen LogP) is 6.09. The van der Waals surface area contributed by atoms with Gasteiger partial charge in [-0.25, -0.2) is 0 Å². The molecular weight excluding hydrogens is 526 g/mol. The Hall–Kier alpha value is -5.04. The van der Waals surface area contributed by atoms with Gasteiger partial charge in [0.25, 0.3) is 17.7 Å². The van der Waals surface area contributed by atoms with E-state index in [0.717, 1.165) is 21.6 Å². The maximum atomic E-state index is 14.6. The first kappa shape index (κ1) is 28.5. The van der Waals surface area contributed by atoms with Crippen LogP contribution in [0, 0.1) is 13.8 Å². The van der Waals surface area contributed by atoms with Crippen molar-refractivity contribution >= 4 is 29.3 Å². The Kier molecular flexibility index (Phi) is 8.29. The Balaban J connectivity index is 1.59. The number of nitrogens with one attached hydrogen (secondary N) is 1. The monoisotopic (exact) mass is 559 g/mol. The van der Waals surface area contributed by atoms with E-state index in [1.807, 2.05) is 92.7 Å². The van der Waals surface area contributed by atoms with Gasteiger partial charge in [0.1, 0.15) is 12.1 Å². The quantitative estimate of drug-likeness (QED) is 0.252. The molecule has 0 aliphatic carbocycles. The molecule has 1 aliphatic rings. The number of anilines is 1. The number of rotatable bonds is 9. The zero-order valence-corrected chi connectivity index (χ0v) is 23.9. The average molecular weight is 560 g/mol. The van der Waals surface area contributed by atoms with Gasteiger partial charge in [-0.05, 0) is 54.7 Å². The van der Waals surface area contributed by atoms with Crippen LogP contribution in [-0.2, 0) is 16.1 Å². The van der Waals surface area contributed by atoms with Gasteiger partial charge in [-0.1, -0.05) is 97.9 Å². The fourth-order valence-electron chi connectivity index (χ4n) is 5.54. The van der Waals surface area contributed by atoms with E-state index < -0.39 is 29.8 Å². The lowest BCUT2D eigenvalue weighted by molar-refractivity contribution is -0.143. The van der Waals surface area contributed by atoms with Crippen molar-refractivity contribution in [2.75, 3.05) is 5.32 Å². The highest BCUT2D eigenvalue weighted by Crippen LogP contribution is 2.31. The second-order valence-corrected chi connectivity index (χ2v) is 10.5. The molecule has 2 atom stereocenters. The fourth-order valence-corrected chi connectivity index (χ4v) is 5.54. The molecule has 1 N–H and O–H groups in total. The minimum atomic E-state index is -1.10. The van der Waals surface area contributed by atoms with E-state index in [-0.39, 0.29) is 30.0 Å². The molecule has 4 aromatic carbocycles. The second kappa shape index (κ2) is 12.2. The van der Waals surface area contributed by atoms with Crippen molar-refractivity contribution in [2.45, 2.75) is 45.8 Å². The first-order chi connectivity index (χ1) is 20.3. The van der Waals surface area contributed by atoms with E-state index in [4.69, 9.17) is 0 Å². The second-order valence-electron chi connectivity index (χ2n) is 10.5. The minimum absolute atomic E-state index is 0.0963. The SMILES string of the molecule is CC[C@H](C(=O)N(Cc1ccccc1)[C@@H](C(=O)Nc1c(C)cccc1C)c1ccccc1)N1C(=O)c2ccccc2C1=O. The van der Waals surface area contributed by atoms with Gasteiger partial charge in [0.2, 0.25) is 5.91 Å². The molecule has 1 aliphatic heterocycles. The van der Waals surface area contributed by atoms with Gasteiger partial charge in [-0.3, -0.25) is 24.1 Å². The first-order valence-electron chi connectivity index (χ1n) is 14.0. The summed E-state index contributed by atoms with van der Waals surface area (Å²) in [4.78, 5) is 58.3. The zero-order valence-electron chi connectivity index (χ0n) is 23.9. The van der Waals surface area contributed by atoms with Crippen LogP contribution in [0.5, 0.6) is 0 Å². The Labute approximate surface area is 245 Å². The summed E-state index contributed by atoms with van der Waals surface area (Å²) < 4.78 is 0. The van der Waals surface area contributed by atoms with Crippen LogP contribution in [0.4, 0.5) is 5.69 Å². The van der Waals surface area contributed by atoms with Crippen LogP contribution in [0.3, 0.4) is 0 Å². The fraction of sp³-hybridized carbons (Fsp3) is 0.200. The summed E-state index contributed by atoms with van der Waals surface area (Å²) in [6.45, 7) is 5.70. The lowest BCUT2D eigenvalue weighted by atomic mass is 10.00. The molecular formula is C35H33N3O4. The summed E-state index contributed by atoms with van der Waals surface area (Å²) in [7, 11) is 0. The largest absolute Gasteiger partial charge is 0.323 e. The third-order valence-electron chi connectivity index (χ3n) is 7.69. The third-order valence-corrected chi connectivity index (χ3v) is 7.69. The van der Waals surface area contributed by atoms with Crippen LogP contribution in [0.1, 0.15) is 62.4 Å². The standard InChI is InChI=1S/C35H33N3O4/c1-4-29(38-33(40)27-20-11-12-21-28(27)34(38)41)35(42)37(22-25-16-7-5-8-17-25)31(26-18-9-6-10-19-26)32(39)36-30-23(2)14-13-15-24(30)3/h5-21,29,31H,4,22H2,1-3H3,(H,36,39)/t29-,31-/m1/s1. The molecule has 212 valence electrons. The van der Waals surface area contributed by atoms with Crippen LogP contribution in [0.25, 0.3) is 0 Å². The first-order valence-corrected chi connectivity index (χ1v) is 14.0. The molecule has 4 aromatic rings. The molecule has 0 fully saturated rings. The molecule has 0 spiro atoms. The van der Waals surface area contributed by atoms with Gasteiger partial charge in [-0.2, -0.15) is 0 Å². The number of amides is 4. The number of imide groups is 1. The summed E-state index contributed by atoms with van der Waals surface area (Å²) in [5.41, 5.74) is 4.45. The van der Waals surface area contributed by atoms with Gasteiger partial charge in [0.15, 0.2) is 0 Å². The highest BCUT2D eigenvalue weighted by atomic mass is 16.2.